The summed E-state index contributed by atoms with van der Waals surface area (Å²) in [6.45, 7) is 3.10. The zero-order chi connectivity index (χ0) is 16.0. The van der Waals surface area contributed by atoms with E-state index in [9.17, 15) is 18.0 Å². The molecule has 0 fully saturated rings. The summed E-state index contributed by atoms with van der Waals surface area (Å²) in [5, 5.41) is 2.96. The molecular formula is C15H22ClF3N2O. The van der Waals surface area contributed by atoms with Crippen molar-refractivity contribution in [3.8, 4) is 0 Å². The number of amides is 1. The molecule has 7 heteroatoms. The second-order valence-electron chi connectivity index (χ2n) is 5.16. The van der Waals surface area contributed by atoms with Gasteiger partial charge in [0, 0.05) is 26.1 Å². The third-order valence-electron chi connectivity index (χ3n) is 3.32. The Morgan fingerprint density at radius 1 is 1.27 bits per heavy atom. The Morgan fingerprint density at radius 3 is 2.27 bits per heavy atom. The van der Waals surface area contributed by atoms with Crippen LogP contribution in [0.5, 0.6) is 0 Å². The summed E-state index contributed by atoms with van der Waals surface area (Å²) in [7, 11) is 3.53. The first-order valence-corrected chi connectivity index (χ1v) is 6.81. The normalized spacial score (nSPS) is 12.5. The number of hydrogen-bond acceptors (Lipinski definition) is 2. The van der Waals surface area contributed by atoms with E-state index in [1.807, 2.05) is 7.05 Å². The number of halogens is 4. The molecule has 0 aliphatic carbocycles. The van der Waals surface area contributed by atoms with Gasteiger partial charge in [-0.2, -0.15) is 13.2 Å². The summed E-state index contributed by atoms with van der Waals surface area (Å²) >= 11 is 0. The van der Waals surface area contributed by atoms with Gasteiger partial charge in [-0.1, -0.05) is 19.1 Å². The van der Waals surface area contributed by atoms with Crippen LogP contribution >= 0.6 is 12.4 Å². The van der Waals surface area contributed by atoms with E-state index in [1.54, 1.807) is 18.9 Å². The Labute approximate surface area is 135 Å². The third-order valence-corrected chi connectivity index (χ3v) is 3.32. The minimum atomic E-state index is -4.33. The molecule has 0 spiro atoms. The molecule has 126 valence electrons. The lowest BCUT2D eigenvalue weighted by molar-refractivity contribution is -0.137. The van der Waals surface area contributed by atoms with E-state index in [0.717, 1.165) is 17.7 Å². The lowest BCUT2D eigenvalue weighted by Crippen LogP contribution is -2.36. The standard InChI is InChI=1S/C15H21F3N2O.ClH/c1-11(14(21)20(3)9-8-19-2)10-12-4-6-13(7-5-12)15(16,17)18;/h4-7,11,19H,8-10H2,1-3H3;1H. The van der Waals surface area contributed by atoms with E-state index in [4.69, 9.17) is 0 Å². The molecule has 1 aromatic carbocycles. The van der Waals surface area contributed by atoms with Gasteiger partial charge in [0.15, 0.2) is 0 Å². The average Bonchev–Trinajstić information content (AvgIpc) is 2.43. The second kappa shape index (κ2) is 9.00. The largest absolute Gasteiger partial charge is 0.416 e. The minimum absolute atomic E-state index is 0. The fraction of sp³-hybridized carbons (Fsp3) is 0.533. The highest BCUT2D eigenvalue weighted by Gasteiger charge is 2.30. The van der Waals surface area contributed by atoms with E-state index < -0.39 is 11.7 Å². The predicted molar refractivity (Wildman–Crippen MR) is 83.1 cm³/mol. The van der Waals surface area contributed by atoms with Gasteiger partial charge in [-0.15, -0.1) is 12.4 Å². The number of nitrogens with zero attached hydrogens (tertiary/aromatic N) is 1. The van der Waals surface area contributed by atoms with E-state index in [2.05, 4.69) is 5.32 Å². The van der Waals surface area contributed by atoms with E-state index >= 15 is 0 Å². The molecule has 0 saturated heterocycles. The SMILES string of the molecule is CNCCN(C)C(=O)C(C)Cc1ccc(C(F)(F)F)cc1.Cl. The molecule has 1 atom stereocenters. The van der Waals surface area contributed by atoms with Crippen LogP contribution in [-0.2, 0) is 17.4 Å². The first-order valence-electron chi connectivity index (χ1n) is 6.81. The summed E-state index contributed by atoms with van der Waals surface area (Å²) in [5.41, 5.74) is 0.0576. The zero-order valence-electron chi connectivity index (χ0n) is 12.9. The Kier molecular flexibility index (Phi) is 8.48. The van der Waals surface area contributed by atoms with Crippen LogP contribution in [0.3, 0.4) is 0 Å². The molecule has 3 nitrogen and oxygen atoms in total. The first kappa shape index (κ1) is 20.7. The highest BCUT2D eigenvalue weighted by atomic mass is 35.5. The van der Waals surface area contributed by atoms with Crippen molar-refractivity contribution < 1.29 is 18.0 Å². The van der Waals surface area contributed by atoms with Crippen molar-refractivity contribution in [3.05, 3.63) is 35.4 Å². The van der Waals surface area contributed by atoms with Crippen molar-refractivity contribution in [2.75, 3.05) is 27.2 Å². The van der Waals surface area contributed by atoms with Crippen molar-refractivity contribution >= 4 is 18.3 Å². The monoisotopic (exact) mass is 338 g/mol. The average molecular weight is 339 g/mol. The van der Waals surface area contributed by atoms with Crippen LogP contribution in [0, 0.1) is 5.92 Å². The smallest absolute Gasteiger partial charge is 0.344 e. The zero-order valence-corrected chi connectivity index (χ0v) is 13.7. The van der Waals surface area contributed by atoms with Crippen molar-refractivity contribution in [2.24, 2.45) is 5.92 Å². The van der Waals surface area contributed by atoms with Crippen LogP contribution in [-0.4, -0.2) is 38.0 Å². The van der Waals surface area contributed by atoms with E-state index in [-0.39, 0.29) is 24.2 Å². The number of hydrogen-bond donors (Lipinski definition) is 1. The number of benzene rings is 1. The molecule has 0 saturated carbocycles. The Hall–Kier alpha value is -1.27. The van der Waals surface area contributed by atoms with Gasteiger partial charge in [0.2, 0.25) is 5.91 Å². The van der Waals surface area contributed by atoms with Gasteiger partial charge >= 0.3 is 6.18 Å². The number of rotatable bonds is 6. The maximum absolute atomic E-state index is 12.5. The van der Waals surface area contributed by atoms with Crippen LogP contribution in [0.4, 0.5) is 13.2 Å². The summed E-state index contributed by atoms with van der Waals surface area (Å²) in [6, 6.07) is 4.97. The molecule has 1 amide bonds. The molecule has 22 heavy (non-hydrogen) atoms. The molecule has 1 unspecified atom stereocenters. The fourth-order valence-corrected chi connectivity index (χ4v) is 2.04. The molecule has 0 aliphatic rings. The van der Waals surface area contributed by atoms with Crippen molar-refractivity contribution in [3.63, 3.8) is 0 Å². The highest BCUT2D eigenvalue weighted by Crippen LogP contribution is 2.29. The molecular weight excluding hydrogens is 317 g/mol. The number of carbonyl (C=O) groups excluding carboxylic acids is 1. The minimum Gasteiger partial charge on any atom is -0.344 e. The Morgan fingerprint density at radius 2 is 1.82 bits per heavy atom. The Balaban J connectivity index is 0.00000441. The summed E-state index contributed by atoms with van der Waals surface area (Å²) in [5.74, 6) is -0.270. The van der Waals surface area contributed by atoms with E-state index in [1.165, 1.54) is 12.1 Å². The maximum Gasteiger partial charge on any atom is 0.416 e. The van der Waals surface area contributed by atoms with Gasteiger partial charge in [0.25, 0.3) is 0 Å². The van der Waals surface area contributed by atoms with Crippen LogP contribution in [0.2, 0.25) is 0 Å². The summed E-state index contributed by atoms with van der Waals surface area (Å²) in [4.78, 5) is 13.7. The van der Waals surface area contributed by atoms with Gasteiger partial charge in [0.05, 0.1) is 5.56 Å². The lowest BCUT2D eigenvalue weighted by Gasteiger charge is -2.21. The molecule has 0 heterocycles. The molecule has 0 aromatic heterocycles. The summed E-state index contributed by atoms with van der Waals surface area (Å²) in [6.07, 6.45) is -3.89. The molecule has 1 N–H and O–H groups in total. The quantitative estimate of drug-likeness (QED) is 0.865. The second-order valence-corrected chi connectivity index (χ2v) is 5.16. The van der Waals surface area contributed by atoms with E-state index in [0.29, 0.717) is 19.5 Å². The van der Waals surface area contributed by atoms with Crippen LogP contribution in [0.15, 0.2) is 24.3 Å². The highest BCUT2D eigenvalue weighted by molar-refractivity contribution is 5.85. The van der Waals surface area contributed by atoms with Crippen molar-refractivity contribution in [2.45, 2.75) is 19.5 Å². The van der Waals surface area contributed by atoms with Crippen LogP contribution in [0.25, 0.3) is 0 Å². The Bertz CT molecular complexity index is 463. The number of nitrogens with one attached hydrogen (secondary N) is 1. The topological polar surface area (TPSA) is 32.3 Å². The van der Waals surface area contributed by atoms with Crippen molar-refractivity contribution in [1.82, 2.24) is 10.2 Å². The molecule has 0 radical (unpaired) electrons. The number of likely N-dealkylation sites (N-methyl/N-ethyl adjacent to an activating group) is 2. The van der Waals surface area contributed by atoms with Crippen LogP contribution in [0.1, 0.15) is 18.1 Å². The maximum atomic E-state index is 12.5. The van der Waals surface area contributed by atoms with Gasteiger partial charge < -0.3 is 10.2 Å². The molecule has 0 aliphatic heterocycles. The predicted octanol–water partition coefficient (Wildman–Crippen LogP) is 2.98. The first-order chi connectivity index (χ1) is 9.75. The van der Waals surface area contributed by atoms with Gasteiger partial charge in [-0.3, -0.25) is 4.79 Å². The molecule has 1 rings (SSSR count). The summed E-state index contributed by atoms with van der Waals surface area (Å²) < 4.78 is 37.4. The van der Waals surface area contributed by atoms with Crippen molar-refractivity contribution in [1.29, 1.82) is 0 Å². The van der Waals surface area contributed by atoms with Crippen LogP contribution < -0.4 is 5.32 Å². The fourth-order valence-electron chi connectivity index (χ4n) is 2.04. The molecule has 1 aromatic rings. The van der Waals surface area contributed by atoms with Gasteiger partial charge in [0.1, 0.15) is 0 Å². The molecule has 0 bridgehead atoms. The number of alkyl halides is 3. The lowest BCUT2D eigenvalue weighted by atomic mass is 9.99. The van der Waals surface area contributed by atoms with Gasteiger partial charge in [-0.25, -0.2) is 0 Å². The third kappa shape index (κ3) is 6.23. The van der Waals surface area contributed by atoms with Gasteiger partial charge in [-0.05, 0) is 31.2 Å². The number of carbonyl (C=O) groups is 1.